The average Bonchev–Trinajstić information content (AvgIpc) is 2.48. The summed E-state index contributed by atoms with van der Waals surface area (Å²) < 4.78 is 0. The van der Waals surface area contributed by atoms with Gasteiger partial charge in [-0.25, -0.2) is 4.99 Å². The largest absolute Gasteiger partial charge is 0.365 e. The van der Waals surface area contributed by atoms with Crippen LogP contribution in [-0.2, 0) is 0 Å². The average molecular weight is 166 g/mol. The van der Waals surface area contributed by atoms with Gasteiger partial charge in [0.2, 0.25) is 0 Å². The number of H-pyrrole nitrogens is 1. The molecule has 0 bridgehead atoms. The smallest absolute Gasteiger partial charge is 0.254 e. The maximum Gasteiger partial charge on any atom is 0.254 e. The summed E-state index contributed by atoms with van der Waals surface area (Å²) in [4.78, 5) is 14.7. The minimum absolute atomic E-state index is 0.319. The van der Waals surface area contributed by atoms with Crippen molar-refractivity contribution in [2.24, 2.45) is 10.7 Å². The minimum Gasteiger partial charge on any atom is -0.365 e. The predicted molar refractivity (Wildman–Crippen MR) is 45.5 cm³/mol. The second-order valence-corrected chi connectivity index (χ2v) is 2.22. The van der Waals surface area contributed by atoms with Gasteiger partial charge in [0.15, 0.2) is 5.82 Å². The van der Waals surface area contributed by atoms with E-state index in [0.29, 0.717) is 11.4 Å². The lowest BCUT2D eigenvalue weighted by atomic mass is 10.3. The van der Waals surface area contributed by atoms with Gasteiger partial charge < -0.3 is 5.73 Å². The molecule has 0 unspecified atom stereocenters. The summed E-state index contributed by atoms with van der Waals surface area (Å²) in [5.41, 5.74) is 5.38. The number of primary amides is 1. The molecule has 0 fully saturated rings. The zero-order chi connectivity index (χ0) is 8.97. The highest BCUT2D eigenvalue weighted by Gasteiger charge is 2.07. The molecule has 1 aromatic heterocycles. The van der Waals surface area contributed by atoms with Crippen molar-refractivity contribution < 1.29 is 4.79 Å². The lowest BCUT2D eigenvalue weighted by Gasteiger charge is -1.89. The number of amides is 1. The van der Waals surface area contributed by atoms with Gasteiger partial charge in [-0.3, -0.25) is 9.89 Å². The zero-order valence-corrected chi connectivity index (χ0v) is 6.74. The van der Waals surface area contributed by atoms with Crippen molar-refractivity contribution in [2.45, 2.75) is 13.3 Å². The highest BCUT2D eigenvalue weighted by molar-refractivity contribution is 5.97. The van der Waals surface area contributed by atoms with Crippen LogP contribution in [-0.4, -0.2) is 22.3 Å². The summed E-state index contributed by atoms with van der Waals surface area (Å²) in [6.07, 6.45) is 3.85. The van der Waals surface area contributed by atoms with Gasteiger partial charge in [-0.1, -0.05) is 6.92 Å². The first-order valence-corrected chi connectivity index (χ1v) is 3.61. The summed E-state index contributed by atoms with van der Waals surface area (Å²) in [5, 5.41) is 6.23. The Morgan fingerprint density at radius 1 is 1.92 bits per heavy atom. The number of nitrogens with two attached hydrogens (primary N) is 1. The number of nitrogens with one attached hydrogen (secondary N) is 1. The molecule has 5 nitrogen and oxygen atoms in total. The fourth-order valence-corrected chi connectivity index (χ4v) is 0.741. The number of aliphatic imine (C=N–C) groups is 1. The Bertz CT molecular complexity index is 302. The number of aromatic nitrogens is 2. The Morgan fingerprint density at radius 2 is 2.67 bits per heavy atom. The Morgan fingerprint density at radius 3 is 3.25 bits per heavy atom. The van der Waals surface area contributed by atoms with Crippen molar-refractivity contribution in [3.63, 3.8) is 0 Å². The first-order chi connectivity index (χ1) is 5.75. The summed E-state index contributed by atoms with van der Waals surface area (Å²) in [5.74, 6) is -0.101. The Hall–Kier alpha value is -1.65. The normalized spacial score (nSPS) is 10.8. The Balaban J connectivity index is 2.91. The van der Waals surface area contributed by atoms with E-state index in [9.17, 15) is 4.79 Å². The summed E-state index contributed by atoms with van der Waals surface area (Å²) in [7, 11) is 0. The van der Waals surface area contributed by atoms with Gasteiger partial charge in [0.05, 0.1) is 6.20 Å². The fraction of sp³-hybridized carbons (Fsp3) is 0.286. The standard InChI is InChI=1S/C7H10N4O/c1-2-3-9-7-5(6(8)12)4-10-11-7/h3-4H,2H2,1H3,(H2,8,12)(H,10,11). The molecule has 1 aromatic rings. The molecule has 0 aliphatic heterocycles. The number of aromatic amines is 1. The molecule has 64 valence electrons. The van der Waals surface area contributed by atoms with E-state index in [4.69, 9.17) is 5.73 Å². The van der Waals surface area contributed by atoms with Crippen molar-refractivity contribution in [1.29, 1.82) is 0 Å². The third-order valence-electron chi connectivity index (χ3n) is 1.29. The van der Waals surface area contributed by atoms with Gasteiger partial charge >= 0.3 is 0 Å². The summed E-state index contributed by atoms with van der Waals surface area (Å²) >= 11 is 0. The van der Waals surface area contributed by atoms with Crippen LogP contribution in [0.4, 0.5) is 5.82 Å². The first kappa shape index (κ1) is 8.45. The molecule has 1 rings (SSSR count). The van der Waals surface area contributed by atoms with E-state index in [0.717, 1.165) is 6.42 Å². The molecule has 1 amide bonds. The molecule has 0 spiro atoms. The van der Waals surface area contributed by atoms with Crippen LogP contribution in [0, 0.1) is 0 Å². The molecule has 12 heavy (non-hydrogen) atoms. The molecule has 0 aromatic carbocycles. The molecule has 3 N–H and O–H groups in total. The van der Waals surface area contributed by atoms with Crippen LogP contribution in [0.15, 0.2) is 11.2 Å². The number of carbonyl (C=O) groups excluding carboxylic acids is 1. The van der Waals surface area contributed by atoms with Gasteiger partial charge in [-0.15, -0.1) is 0 Å². The topological polar surface area (TPSA) is 84.1 Å². The number of hydrogen-bond donors (Lipinski definition) is 2. The van der Waals surface area contributed by atoms with Gasteiger partial charge in [0.25, 0.3) is 5.91 Å². The number of rotatable bonds is 3. The van der Waals surface area contributed by atoms with Crippen LogP contribution >= 0.6 is 0 Å². The van der Waals surface area contributed by atoms with Crippen LogP contribution in [0.2, 0.25) is 0 Å². The van der Waals surface area contributed by atoms with E-state index in [2.05, 4.69) is 15.2 Å². The SMILES string of the molecule is CCC=Nc1[nH]ncc1C(N)=O. The van der Waals surface area contributed by atoms with Crippen LogP contribution < -0.4 is 5.73 Å². The van der Waals surface area contributed by atoms with Crippen molar-refractivity contribution >= 4 is 17.9 Å². The zero-order valence-electron chi connectivity index (χ0n) is 6.74. The highest BCUT2D eigenvalue weighted by Crippen LogP contribution is 2.12. The van der Waals surface area contributed by atoms with Crippen molar-refractivity contribution in [3.8, 4) is 0 Å². The van der Waals surface area contributed by atoms with Crippen LogP contribution in [0.25, 0.3) is 0 Å². The van der Waals surface area contributed by atoms with Crippen LogP contribution in [0.5, 0.6) is 0 Å². The number of carbonyl (C=O) groups is 1. The third-order valence-corrected chi connectivity index (χ3v) is 1.29. The second-order valence-electron chi connectivity index (χ2n) is 2.22. The van der Waals surface area contributed by atoms with Gasteiger partial charge in [0.1, 0.15) is 5.56 Å². The summed E-state index contributed by atoms with van der Waals surface area (Å²) in [6.45, 7) is 1.95. The predicted octanol–water partition coefficient (Wildman–Crippen LogP) is 0.621. The molecule has 5 heteroatoms. The van der Waals surface area contributed by atoms with E-state index < -0.39 is 5.91 Å². The van der Waals surface area contributed by atoms with E-state index in [1.165, 1.54) is 6.20 Å². The molecule has 1 heterocycles. The van der Waals surface area contributed by atoms with E-state index in [1.54, 1.807) is 6.21 Å². The maximum absolute atomic E-state index is 10.7. The Labute approximate surface area is 69.7 Å². The highest BCUT2D eigenvalue weighted by atomic mass is 16.1. The second kappa shape index (κ2) is 3.66. The molecule has 0 atom stereocenters. The molecule has 0 aliphatic rings. The lowest BCUT2D eigenvalue weighted by molar-refractivity contribution is 0.100. The van der Waals surface area contributed by atoms with Gasteiger partial charge in [-0.2, -0.15) is 5.10 Å². The van der Waals surface area contributed by atoms with Crippen LogP contribution in [0.1, 0.15) is 23.7 Å². The molecular weight excluding hydrogens is 156 g/mol. The van der Waals surface area contributed by atoms with Gasteiger partial charge in [0, 0.05) is 6.21 Å². The molecule has 0 radical (unpaired) electrons. The lowest BCUT2D eigenvalue weighted by Crippen LogP contribution is -2.09. The van der Waals surface area contributed by atoms with Crippen molar-refractivity contribution in [2.75, 3.05) is 0 Å². The van der Waals surface area contributed by atoms with E-state index in [1.807, 2.05) is 6.92 Å². The van der Waals surface area contributed by atoms with E-state index >= 15 is 0 Å². The first-order valence-electron chi connectivity index (χ1n) is 3.61. The number of nitrogens with zero attached hydrogens (tertiary/aromatic N) is 2. The van der Waals surface area contributed by atoms with Crippen LogP contribution in [0.3, 0.4) is 0 Å². The van der Waals surface area contributed by atoms with Gasteiger partial charge in [-0.05, 0) is 6.42 Å². The molecule has 0 saturated carbocycles. The maximum atomic E-state index is 10.7. The Kier molecular flexibility index (Phi) is 2.57. The van der Waals surface area contributed by atoms with Crippen molar-refractivity contribution in [1.82, 2.24) is 10.2 Å². The monoisotopic (exact) mass is 166 g/mol. The quantitative estimate of drug-likeness (QED) is 0.645. The summed E-state index contributed by atoms with van der Waals surface area (Å²) in [6, 6.07) is 0. The third kappa shape index (κ3) is 1.69. The van der Waals surface area contributed by atoms with E-state index in [-0.39, 0.29) is 0 Å². The fourth-order valence-electron chi connectivity index (χ4n) is 0.741. The minimum atomic E-state index is -0.521. The molecular formula is C7H10N4O. The number of hydrogen-bond acceptors (Lipinski definition) is 3. The molecule has 0 saturated heterocycles. The van der Waals surface area contributed by atoms with Crippen molar-refractivity contribution in [3.05, 3.63) is 11.8 Å². The molecule has 0 aliphatic carbocycles.